The molecule has 1 atom stereocenters. The van der Waals surface area contributed by atoms with E-state index < -0.39 is 6.04 Å². The Morgan fingerprint density at radius 1 is 1.12 bits per heavy atom. The first-order chi connectivity index (χ1) is 16.6. The molecule has 1 aromatic carbocycles. The van der Waals surface area contributed by atoms with E-state index in [1.807, 2.05) is 18.4 Å². The van der Waals surface area contributed by atoms with Gasteiger partial charge in [0.25, 0.3) is 5.91 Å². The van der Waals surface area contributed by atoms with E-state index in [0.717, 1.165) is 50.8 Å². The van der Waals surface area contributed by atoms with Crippen molar-refractivity contribution in [3.05, 3.63) is 48.3 Å². The van der Waals surface area contributed by atoms with Crippen molar-refractivity contribution in [2.75, 3.05) is 63.3 Å². The summed E-state index contributed by atoms with van der Waals surface area (Å²) in [6, 6.07) is 8.26. The Labute approximate surface area is 205 Å². The summed E-state index contributed by atoms with van der Waals surface area (Å²) in [5.74, 6) is 1.59. The van der Waals surface area contributed by atoms with Gasteiger partial charge in [-0.15, -0.1) is 0 Å². The maximum Gasteiger partial charge on any atom is 0.255 e. The molecule has 9 nitrogen and oxygen atoms in total. The van der Waals surface area contributed by atoms with Crippen LogP contribution in [0.2, 0.25) is 0 Å². The second kappa shape index (κ2) is 13.8. The van der Waals surface area contributed by atoms with Crippen LogP contribution in [0.3, 0.4) is 0 Å². The van der Waals surface area contributed by atoms with Crippen molar-refractivity contribution in [1.82, 2.24) is 25.5 Å². The average molecular weight is 487 g/mol. The lowest BCUT2D eigenvalue weighted by atomic mass is 10.1. The van der Waals surface area contributed by atoms with Crippen molar-refractivity contribution in [3.63, 3.8) is 0 Å². The van der Waals surface area contributed by atoms with E-state index in [2.05, 4.69) is 30.4 Å². The van der Waals surface area contributed by atoms with Gasteiger partial charge in [0.1, 0.15) is 11.8 Å². The van der Waals surface area contributed by atoms with E-state index in [0.29, 0.717) is 24.3 Å². The van der Waals surface area contributed by atoms with E-state index >= 15 is 0 Å². The van der Waals surface area contributed by atoms with Crippen molar-refractivity contribution in [2.45, 2.75) is 18.9 Å². The third-order valence-electron chi connectivity index (χ3n) is 5.74. The largest absolute Gasteiger partial charge is 0.496 e. The Bertz CT molecular complexity index is 909. The lowest BCUT2D eigenvalue weighted by Crippen LogP contribution is -2.49. The third-order valence-corrected chi connectivity index (χ3v) is 6.39. The third kappa shape index (κ3) is 7.59. The fourth-order valence-electron chi connectivity index (χ4n) is 3.84. The van der Waals surface area contributed by atoms with E-state index in [-0.39, 0.29) is 11.8 Å². The molecule has 2 amide bonds. The molecule has 2 N–H and O–H groups in total. The zero-order valence-corrected chi connectivity index (χ0v) is 20.7. The highest BCUT2D eigenvalue weighted by atomic mass is 32.2. The van der Waals surface area contributed by atoms with E-state index in [1.165, 1.54) is 7.11 Å². The molecule has 1 aromatic heterocycles. The maximum atomic E-state index is 12.8. The first-order valence-electron chi connectivity index (χ1n) is 11.6. The van der Waals surface area contributed by atoms with Crippen molar-refractivity contribution in [3.8, 4) is 5.75 Å². The molecule has 1 aliphatic heterocycles. The number of amides is 2. The zero-order chi connectivity index (χ0) is 24.2. The second-order valence-electron chi connectivity index (χ2n) is 8.03. The quantitative estimate of drug-likeness (QED) is 0.437. The minimum Gasteiger partial charge on any atom is -0.496 e. The Kier molecular flexibility index (Phi) is 10.4. The highest BCUT2D eigenvalue weighted by molar-refractivity contribution is 7.98. The Morgan fingerprint density at radius 3 is 2.56 bits per heavy atom. The lowest BCUT2D eigenvalue weighted by Gasteiger charge is -2.34. The molecule has 0 aliphatic carbocycles. The monoisotopic (exact) mass is 486 g/mol. The summed E-state index contributed by atoms with van der Waals surface area (Å²) in [7, 11) is 1.53. The molecule has 1 aliphatic rings. The van der Waals surface area contributed by atoms with E-state index in [1.54, 1.807) is 42.4 Å². The summed E-state index contributed by atoms with van der Waals surface area (Å²) < 4.78 is 5.28. The minimum atomic E-state index is -0.584. The number of hydrogen-bond donors (Lipinski definition) is 2. The second-order valence-corrected chi connectivity index (χ2v) is 9.02. The number of carbonyl (C=O) groups is 2. The molecule has 0 radical (unpaired) electrons. The molecule has 2 heterocycles. The van der Waals surface area contributed by atoms with Gasteiger partial charge in [-0.2, -0.15) is 11.8 Å². The van der Waals surface area contributed by atoms with Gasteiger partial charge in [0.05, 0.1) is 12.7 Å². The summed E-state index contributed by atoms with van der Waals surface area (Å²) in [6.07, 6.45) is 6.94. The van der Waals surface area contributed by atoms with Gasteiger partial charge in [-0.3, -0.25) is 14.5 Å². The number of methoxy groups -OCH3 is 1. The van der Waals surface area contributed by atoms with Crippen molar-refractivity contribution in [2.24, 2.45) is 0 Å². The van der Waals surface area contributed by atoms with E-state index in [4.69, 9.17) is 4.74 Å². The molecule has 1 unspecified atom stereocenters. The first-order valence-corrected chi connectivity index (χ1v) is 13.0. The van der Waals surface area contributed by atoms with Crippen LogP contribution >= 0.6 is 11.8 Å². The molecule has 1 saturated heterocycles. The normalized spacial score (nSPS) is 14.9. The number of aromatic nitrogens is 2. The minimum absolute atomic E-state index is 0.150. The summed E-state index contributed by atoms with van der Waals surface area (Å²) in [6.45, 7) is 5.15. The van der Waals surface area contributed by atoms with Crippen molar-refractivity contribution < 1.29 is 14.3 Å². The van der Waals surface area contributed by atoms with Crippen LogP contribution in [-0.4, -0.2) is 91.1 Å². The molecule has 1 fully saturated rings. The van der Waals surface area contributed by atoms with Gasteiger partial charge in [-0.1, -0.05) is 12.1 Å². The predicted octanol–water partition coefficient (Wildman–Crippen LogP) is 1.67. The first kappa shape index (κ1) is 25.8. The van der Waals surface area contributed by atoms with Gasteiger partial charge in [0, 0.05) is 45.1 Å². The number of nitrogens with zero attached hydrogens (tertiary/aromatic N) is 4. The topological polar surface area (TPSA) is 99.7 Å². The van der Waals surface area contributed by atoms with E-state index in [9.17, 15) is 9.59 Å². The number of nitrogens with one attached hydrogen (secondary N) is 2. The number of hydrogen-bond acceptors (Lipinski definition) is 8. The van der Waals surface area contributed by atoms with Crippen LogP contribution in [-0.2, 0) is 4.79 Å². The number of para-hydroxylation sites is 1. The molecule has 0 saturated carbocycles. The maximum absolute atomic E-state index is 12.8. The van der Waals surface area contributed by atoms with Gasteiger partial charge < -0.3 is 20.3 Å². The fraction of sp³-hybridized carbons (Fsp3) is 0.500. The number of ether oxygens (including phenoxy) is 1. The van der Waals surface area contributed by atoms with Crippen molar-refractivity contribution >= 4 is 29.5 Å². The van der Waals surface area contributed by atoms with Gasteiger partial charge in [0.2, 0.25) is 11.9 Å². The summed E-state index contributed by atoms with van der Waals surface area (Å²) in [4.78, 5) is 38.8. The Balaban J connectivity index is 1.42. The fourth-order valence-corrected chi connectivity index (χ4v) is 4.31. The van der Waals surface area contributed by atoms with Crippen LogP contribution in [0.15, 0.2) is 42.7 Å². The predicted molar refractivity (Wildman–Crippen MR) is 136 cm³/mol. The molecule has 184 valence electrons. The SMILES string of the molecule is COc1ccccc1C(=O)NC(CCSC)C(=O)NCCCN1CCN(c2ncccn2)CC1. The average Bonchev–Trinajstić information content (AvgIpc) is 2.89. The van der Waals surface area contributed by atoms with Crippen LogP contribution in [0.1, 0.15) is 23.2 Å². The summed E-state index contributed by atoms with van der Waals surface area (Å²) in [5.41, 5.74) is 0.423. The van der Waals surface area contributed by atoms with Crippen LogP contribution in [0.25, 0.3) is 0 Å². The molecule has 0 bridgehead atoms. The van der Waals surface area contributed by atoms with Crippen LogP contribution in [0, 0.1) is 0 Å². The highest BCUT2D eigenvalue weighted by Gasteiger charge is 2.23. The smallest absolute Gasteiger partial charge is 0.255 e. The molecule has 10 heteroatoms. The number of rotatable bonds is 12. The van der Waals surface area contributed by atoms with Gasteiger partial charge in [0.15, 0.2) is 0 Å². The van der Waals surface area contributed by atoms with Gasteiger partial charge in [-0.25, -0.2) is 9.97 Å². The van der Waals surface area contributed by atoms with Gasteiger partial charge >= 0.3 is 0 Å². The van der Waals surface area contributed by atoms with Crippen LogP contribution in [0.4, 0.5) is 5.95 Å². The summed E-state index contributed by atoms with van der Waals surface area (Å²) >= 11 is 1.65. The molecular weight excluding hydrogens is 452 g/mol. The molecule has 34 heavy (non-hydrogen) atoms. The van der Waals surface area contributed by atoms with Crippen LogP contribution in [0.5, 0.6) is 5.75 Å². The molecule has 3 rings (SSSR count). The number of carbonyl (C=O) groups excluding carboxylic acids is 2. The van der Waals surface area contributed by atoms with Gasteiger partial charge in [-0.05, 0) is 49.6 Å². The number of anilines is 1. The summed E-state index contributed by atoms with van der Waals surface area (Å²) in [5, 5.41) is 5.88. The Hall–Kier alpha value is -2.85. The Morgan fingerprint density at radius 2 is 1.85 bits per heavy atom. The standard InChI is InChI=1S/C24H34N6O3S/c1-33-21-8-4-3-7-19(21)22(31)28-20(9-18-34-2)23(32)25-12-6-13-29-14-16-30(17-15-29)24-26-10-5-11-27-24/h3-5,7-8,10-11,20H,6,9,12-18H2,1-2H3,(H,25,32)(H,28,31). The van der Waals surface area contributed by atoms with Crippen LogP contribution < -0.4 is 20.3 Å². The number of benzene rings is 1. The number of thioether (sulfide) groups is 1. The number of piperazine rings is 1. The molecular formula is C24H34N6O3S. The molecule has 0 spiro atoms. The lowest BCUT2D eigenvalue weighted by molar-refractivity contribution is -0.123. The highest BCUT2D eigenvalue weighted by Crippen LogP contribution is 2.17. The van der Waals surface area contributed by atoms with Crippen molar-refractivity contribution in [1.29, 1.82) is 0 Å². The molecule has 2 aromatic rings. The zero-order valence-electron chi connectivity index (χ0n) is 19.9.